The zero-order valence-corrected chi connectivity index (χ0v) is 16.4. The van der Waals surface area contributed by atoms with Gasteiger partial charge in [0.2, 0.25) is 0 Å². The zero-order valence-electron chi connectivity index (χ0n) is 14.9. The number of nitrogens with one attached hydrogen (secondary N) is 1. The molecule has 0 atom stereocenters. The molecule has 4 aromatic rings. The van der Waals surface area contributed by atoms with Crippen LogP contribution in [-0.4, -0.2) is 22.2 Å². The maximum Gasteiger partial charge on any atom is 0.160 e. The zero-order chi connectivity index (χ0) is 19.7. The number of imidazole rings is 1. The van der Waals surface area contributed by atoms with Crippen molar-refractivity contribution < 1.29 is 9.84 Å². The Bertz CT molecular complexity index is 1060. The second kappa shape index (κ2) is 7.58. The lowest BCUT2D eigenvalue weighted by Gasteiger charge is -2.04. The second-order valence-corrected chi connectivity index (χ2v) is 7.08. The number of phenols is 1. The molecule has 0 aliphatic rings. The Morgan fingerprint density at radius 1 is 0.821 bits per heavy atom. The molecule has 6 heteroatoms. The lowest BCUT2D eigenvalue weighted by molar-refractivity contribution is 0.373. The molecule has 4 rings (SSSR count). The number of rotatable bonds is 4. The summed E-state index contributed by atoms with van der Waals surface area (Å²) >= 11 is 12.1. The van der Waals surface area contributed by atoms with E-state index in [1.165, 1.54) is 7.11 Å². The van der Waals surface area contributed by atoms with E-state index in [2.05, 4.69) is 4.98 Å². The van der Waals surface area contributed by atoms with Crippen molar-refractivity contribution in [1.29, 1.82) is 0 Å². The number of H-pyrrole nitrogens is 1. The molecule has 3 aromatic carbocycles. The van der Waals surface area contributed by atoms with E-state index in [9.17, 15) is 5.11 Å². The number of hydrogen-bond donors (Lipinski definition) is 2. The molecular weight excluding hydrogens is 395 g/mol. The fraction of sp³-hybridized carbons (Fsp3) is 0.0455. The van der Waals surface area contributed by atoms with E-state index in [0.717, 1.165) is 28.1 Å². The normalized spacial score (nSPS) is 10.8. The molecule has 0 saturated carbocycles. The van der Waals surface area contributed by atoms with Gasteiger partial charge in [0.1, 0.15) is 5.82 Å². The van der Waals surface area contributed by atoms with Crippen LogP contribution in [0.5, 0.6) is 11.5 Å². The number of hydrogen-bond acceptors (Lipinski definition) is 3. The molecule has 0 aliphatic carbocycles. The van der Waals surface area contributed by atoms with Crippen molar-refractivity contribution in [2.24, 2.45) is 0 Å². The Morgan fingerprint density at radius 2 is 1.39 bits per heavy atom. The summed E-state index contributed by atoms with van der Waals surface area (Å²) in [5.74, 6) is 1.09. The molecule has 2 N–H and O–H groups in total. The first-order valence-corrected chi connectivity index (χ1v) is 9.30. The van der Waals surface area contributed by atoms with Gasteiger partial charge < -0.3 is 14.8 Å². The van der Waals surface area contributed by atoms with Crippen molar-refractivity contribution in [3.8, 4) is 45.4 Å². The first-order valence-electron chi connectivity index (χ1n) is 8.54. The highest BCUT2D eigenvalue weighted by Gasteiger charge is 2.16. The van der Waals surface area contributed by atoms with E-state index in [0.29, 0.717) is 21.6 Å². The minimum atomic E-state index is 0.0532. The predicted octanol–water partition coefficient (Wildman–Crippen LogP) is 6.43. The Labute approximate surface area is 172 Å². The second-order valence-electron chi connectivity index (χ2n) is 6.21. The van der Waals surface area contributed by atoms with Gasteiger partial charge in [0.25, 0.3) is 0 Å². The van der Waals surface area contributed by atoms with Crippen molar-refractivity contribution in [2.45, 2.75) is 0 Å². The molecule has 0 saturated heterocycles. The molecule has 1 aromatic heterocycles. The van der Waals surface area contributed by atoms with Gasteiger partial charge in [-0.2, -0.15) is 0 Å². The quantitative estimate of drug-likeness (QED) is 0.407. The van der Waals surface area contributed by atoms with E-state index in [1.807, 2.05) is 54.6 Å². The van der Waals surface area contributed by atoms with E-state index in [-0.39, 0.29) is 5.75 Å². The number of methoxy groups -OCH3 is 1. The van der Waals surface area contributed by atoms with Crippen LogP contribution in [0.4, 0.5) is 0 Å². The van der Waals surface area contributed by atoms with Crippen LogP contribution in [0.2, 0.25) is 10.0 Å². The average molecular weight is 411 g/mol. The number of nitrogens with zero attached hydrogens (tertiary/aromatic N) is 1. The Kier molecular flexibility index (Phi) is 4.99. The third-order valence-electron chi connectivity index (χ3n) is 4.41. The monoisotopic (exact) mass is 410 g/mol. The molecule has 1 heterocycles. The predicted molar refractivity (Wildman–Crippen MR) is 113 cm³/mol. The summed E-state index contributed by atoms with van der Waals surface area (Å²) in [4.78, 5) is 8.16. The summed E-state index contributed by atoms with van der Waals surface area (Å²) < 4.78 is 5.12. The largest absolute Gasteiger partial charge is 0.504 e. The first-order chi connectivity index (χ1) is 13.5. The molecule has 0 bridgehead atoms. The van der Waals surface area contributed by atoms with Gasteiger partial charge in [0.15, 0.2) is 11.5 Å². The lowest BCUT2D eigenvalue weighted by Crippen LogP contribution is -1.86. The minimum absolute atomic E-state index is 0.0532. The van der Waals surface area contributed by atoms with E-state index in [4.69, 9.17) is 32.9 Å². The highest BCUT2D eigenvalue weighted by molar-refractivity contribution is 6.31. The third-order valence-corrected chi connectivity index (χ3v) is 4.91. The molecule has 4 nitrogen and oxygen atoms in total. The Balaban J connectivity index is 1.87. The number of ether oxygens (including phenoxy) is 1. The molecule has 140 valence electrons. The van der Waals surface area contributed by atoms with Gasteiger partial charge >= 0.3 is 0 Å². The van der Waals surface area contributed by atoms with Gasteiger partial charge in [-0.15, -0.1) is 0 Å². The molecule has 0 radical (unpaired) electrons. The van der Waals surface area contributed by atoms with Crippen LogP contribution in [0.1, 0.15) is 0 Å². The highest BCUT2D eigenvalue weighted by Crippen LogP contribution is 2.36. The van der Waals surface area contributed by atoms with E-state index < -0.39 is 0 Å². The minimum Gasteiger partial charge on any atom is -0.504 e. The Morgan fingerprint density at radius 3 is 1.96 bits per heavy atom. The summed E-state index contributed by atoms with van der Waals surface area (Å²) in [6, 6.07) is 20.2. The van der Waals surface area contributed by atoms with Crippen molar-refractivity contribution in [1.82, 2.24) is 9.97 Å². The highest BCUT2D eigenvalue weighted by atomic mass is 35.5. The fourth-order valence-corrected chi connectivity index (χ4v) is 3.24. The van der Waals surface area contributed by atoms with Crippen LogP contribution in [-0.2, 0) is 0 Å². The van der Waals surface area contributed by atoms with Crippen LogP contribution in [0.3, 0.4) is 0 Å². The number of aromatic amines is 1. The average Bonchev–Trinajstić information content (AvgIpc) is 3.14. The molecular formula is C22H16Cl2N2O2. The molecule has 0 spiro atoms. The molecule has 0 unspecified atom stereocenters. The maximum absolute atomic E-state index is 10.1. The van der Waals surface area contributed by atoms with Crippen LogP contribution in [0.25, 0.3) is 33.9 Å². The van der Waals surface area contributed by atoms with Gasteiger partial charge in [-0.05, 0) is 42.5 Å². The van der Waals surface area contributed by atoms with E-state index in [1.54, 1.807) is 12.1 Å². The van der Waals surface area contributed by atoms with Gasteiger partial charge in [-0.1, -0.05) is 47.5 Å². The number of benzene rings is 3. The molecule has 28 heavy (non-hydrogen) atoms. The SMILES string of the molecule is COc1ccc(-c2nc(-c3ccc(Cl)cc3)c(-c3ccc(Cl)cc3)[nH]2)cc1O. The third kappa shape index (κ3) is 3.57. The summed E-state index contributed by atoms with van der Waals surface area (Å²) in [5.41, 5.74) is 4.25. The maximum atomic E-state index is 10.1. The van der Waals surface area contributed by atoms with Crippen LogP contribution >= 0.6 is 23.2 Å². The van der Waals surface area contributed by atoms with Crippen molar-refractivity contribution in [3.63, 3.8) is 0 Å². The standard InChI is InChI=1S/C22H16Cl2N2O2/c1-28-19-11-6-15(12-18(19)27)22-25-20(13-2-7-16(23)8-3-13)21(26-22)14-4-9-17(24)10-5-14/h2-12,27H,1H3,(H,25,26). The smallest absolute Gasteiger partial charge is 0.160 e. The number of aromatic hydroxyl groups is 1. The van der Waals surface area contributed by atoms with Crippen LogP contribution in [0, 0.1) is 0 Å². The van der Waals surface area contributed by atoms with Gasteiger partial charge in [0.05, 0.1) is 18.5 Å². The molecule has 0 amide bonds. The summed E-state index contributed by atoms with van der Waals surface area (Å²) in [6.45, 7) is 0. The molecule has 0 fully saturated rings. The van der Waals surface area contributed by atoms with Crippen LogP contribution in [0.15, 0.2) is 66.7 Å². The van der Waals surface area contributed by atoms with Gasteiger partial charge in [-0.25, -0.2) is 4.98 Å². The first kappa shape index (κ1) is 18.4. The topological polar surface area (TPSA) is 58.1 Å². The molecule has 0 aliphatic heterocycles. The van der Waals surface area contributed by atoms with Crippen molar-refractivity contribution in [2.75, 3.05) is 7.11 Å². The Hall–Kier alpha value is -2.95. The fourth-order valence-electron chi connectivity index (χ4n) is 2.99. The number of phenolic OH excluding ortho intramolecular Hbond substituents is 1. The van der Waals surface area contributed by atoms with E-state index >= 15 is 0 Å². The summed E-state index contributed by atoms with van der Waals surface area (Å²) in [6.07, 6.45) is 0. The van der Waals surface area contributed by atoms with Crippen molar-refractivity contribution >= 4 is 23.2 Å². The number of aromatic nitrogens is 2. The van der Waals surface area contributed by atoms with Crippen LogP contribution < -0.4 is 4.74 Å². The number of halogens is 2. The summed E-state index contributed by atoms with van der Waals surface area (Å²) in [7, 11) is 1.51. The van der Waals surface area contributed by atoms with Gasteiger partial charge in [-0.3, -0.25) is 0 Å². The van der Waals surface area contributed by atoms with Gasteiger partial charge in [0, 0.05) is 26.7 Å². The lowest BCUT2D eigenvalue weighted by atomic mass is 10.1. The van der Waals surface area contributed by atoms with Crippen molar-refractivity contribution in [3.05, 3.63) is 76.8 Å². The summed E-state index contributed by atoms with van der Waals surface area (Å²) in [5, 5.41) is 11.5.